The van der Waals surface area contributed by atoms with Gasteiger partial charge in [0.25, 0.3) is 0 Å². The van der Waals surface area contributed by atoms with Crippen LogP contribution in [0.25, 0.3) is 0 Å². The van der Waals surface area contributed by atoms with E-state index in [1.54, 1.807) is 11.8 Å². The maximum atomic E-state index is 12.6. The topological polar surface area (TPSA) is 49.4 Å². The number of carbonyl (C=O) groups is 2. The maximum absolute atomic E-state index is 12.6. The zero-order valence-corrected chi connectivity index (χ0v) is 13.1. The fourth-order valence-electron chi connectivity index (χ4n) is 2.85. The molecule has 1 aromatic carbocycles. The molecular formula is C17H24N2O2. The van der Waals surface area contributed by atoms with Gasteiger partial charge in [0.15, 0.2) is 0 Å². The van der Waals surface area contributed by atoms with E-state index in [0.717, 1.165) is 24.9 Å². The van der Waals surface area contributed by atoms with Gasteiger partial charge in [0, 0.05) is 18.2 Å². The summed E-state index contributed by atoms with van der Waals surface area (Å²) in [7, 11) is 0. The van der Waals surface area contributed by atoms with E-state index >= 15 is 0 Å². The van der Waals surface area contributed by atoms with Crippen molar-refractivity contribution < 1.29 is 9.59 Å². The largest absolute Gasteiger partial charge is 0.344 e. The van der Waals surface area contributed by atoms with Crippen LogP contribution in [0.15, 0.2) is 24.3 Å². The molecule has 1 heterocycles. The van der Waals surface area contributed by atoms with Gasteiger partial charge in [0.05, 0.1) is 0 Å². The number of para-hydroxylation sites is 1. The zero-order chi connectivity index (χ0) is 15.4. The minimum absolute atomic E-state index is 0.00823. The first kappa shape index (κ1) is 15.5. The molecule has 1 aliphatic heterocycles. The molecule has 0 saturated heterocycles. The van der Waals surface area contributed by atoms with Gasteiger partial charge in [-0.25, -0.2) is 0 Å². The molecule has 0 aliphatic carbocycles. The average molecular weight is 288 g/mol. The Labute approximate surface area is 126 Å². The lowest BCUT2D eigenvalue weighted by Gasteiger charge is -2.23. The molecule has 0 radical (unpaired) electrons. The Hall–Kier alpha value is -1.84. The molecule has 2 amide bonds. The summed E-state index contributed by atoms with van der Waals surface area (Å²) >= 11 is 0. The number of benzene rings is 1. The van der Waals surface area contributed by atoms with Crippen molar-refractivity contribution in [1.29, 1.82) is 0 Å². The molecular weight excluding hydrogens is 264 g/mol. The van der Waals surface area contributed by atoms with Crippen LogP contribution in [0.3, 0.4) is 0 Å². The number of rotatable bonds is 5. The van der Waals surface area contributed by atoms with Crippen molar-refractivity contribution >= 4 is 17.5 Å². The molecule has 1 atom stereocenters. The average Bonchev–Trinajstić information content (AvgIpc) is 2.91. The Kier molecular flexibility index (Phi) is 4.99. The number of nitrogens with zero attached hydrogens (tertiary/aromatic N) is 1. The summed E-state index contributed by atoms with van der Waals surface area (Å²) in [6.07, 6.45) is 2.49. The summed E-state index contributed by atoms with van der Waals surface area (Å²) in [6.45, 7) is 6.46. The highest BCUT2D eigenvalue weighted by molar-refractivity contribution is 6.00. The molecule has 0 fully saturated rings. The zero-order valence-electron chi connectivity index (χ0n) is 13.1. The van der Waals surface area contributed by atoms with Crippen LogP contribution in [0, 0.1) is 5.92 Å². The fourth-order valence-corrected chi connectivity index (χ4v) is 2.85. The first-order valence-corrected chi connectivity index (χ1v) is 7.78. The third-order valence-corrected chi connectivity index (χ3v) is 4.24. The van der Waals surface area contributed by atoms with E-state index in [1.165, 1.54) is 5.56 Å². The van der Waals surface area contributed by atoms with E-state index in [4.69, 9.17) is 0 Å². The van der Waals surface area contributed by atoms with E-state index in [-0.39, 0.29) is 17.7 Å². The van der Waals surface area contributed by atoms with Crippen LogP contribution in [-0.4, -0.2) is 24.4 Å². The SMILES string of the molecule is CCC(CC)C(=O)N[C@@H](C)C(=O)N1CCc2ccccc21. The third-order valence-electron chi connectivity index (χ3n) is 4.24. The van der Waals surface area contributed by atoms with Crippen LogP contribution in [-0.2, 0) is 16.0 Å². The second-order valence-electron chi connectivity index (χ2n) is 5.61. The summed E-state index contributed by atoms with van der Waals surface area (Å²) < 4.78 is 0. The van der Waals surface area contributed by atoms with Gasteiger partial charge in [-0.2, -0.15) is 0 Å². The Morgan fingerprint density at radius 1 is 1.24 bits per heavy atom. The van der Waals surface area contributed by atoms with Crippen LogP contribution in [0.2, 0.25) is 0 Å². The maximum Gasteiger partial charge on any atom is 0.249 e. The minimum atomic E-state index is -0.482. The van der Waals surface area contributed by atoms with Crippen LogP contribution >= 0.6 is 0 Å². The van der Waals surface area contributed by atoms with Crippen LogP contribution in [0.1, 0.15) is 39.2 Å². The predicted octanol–water partition coefficient (Wildman–Crippen LogP) is 2.52. The Morgan fingerprint density at radius 2 is 1.90 bits per heavy atom. The molecule has 0 saturated carbocycles. The second kappa shape index (κ2) is 6.74. The van der Waals surface area contributed by atoms with E-state index in [1.807, 2.05) is 32.0 Å². The summed E-state index contributed by atoms with van der Waals surface area (Å²) in [5.41, 5.74) is 2.18. The van der Waals surface area contributed by atoms with Crippen molar-refractivity contribution in [3.05, 3.63) is 29.8 Å². The van der Waals surface area contributed by atoms with Gasteiger partial charge in [-0.15, -0.1) is 0 Å². The van der Waals surface area contributed by atoms with Crippen molar-refractivity contribution in [3.63, 3.8) is 0 Å². The molecule has 0 aromatic heterocycles. The molecule has 114 valence electrons. The quantitative estimate of drug-likeness (QED) is 0.905. The lowest BCUT2D eigenvalue weighted by molar-refractivity contribution is -0.129. The van der Waals surface area contributed by atoms with E-state index in [2.05, 4.69) is 11.4 Å². The molecule has 0 unspecified atom stereocenters. The van der Waals surface area contributed by atoms with Gasteiger partial charge in [0.2, 0.25) is 11.8 Å². The first-order valence-electron chi connectivity index (χ1n) is 7.78. The highest BCUT2D eigenvalue weighted by Gasteiger charge is 2.29. The molecule has 1 N–H and O–H groups in total. The molecule has 21 heavy (non-hydrogen) atoms. The Balaban J connectivity index is 2.02. The number of amides is 2. The molecule has 4 nitrogen and oxygen atoms in total. The summed E-state index contributed by atoms with van der Waals surface area (Å²) in [5.74, 6) is -0.0568. The monoisotopic (exact) mass is 288 g/mol. The molecule has 4 heteroatoms. The van der Waals surface area contributed by atoms with Crippen LogP contribution in [0.5, 0.6) is 0 Å². The first-order chi connectivity index (χ1) is 10.1. The normalized spacial score (nSPS) is 15.0. The number of hydrogen-bond donors (Lipinski definition) is 1. The number of anilines is 1. The number of nitrogens with one attached hydrogen (secondary N) is 1. The van der Waals surface area contributed by atoms with Gasteiger partial charge in [-0.1, -0.05) is 32.0 Å². The smallest absolute Gasteiger partial charge is 0.249 e. The highest BCUT2D eigenvalue weighted by Crippen LogP contribution is 2.27. The van der Waals surface area contributed by atoms with Gasteiger partial charge in [-0.3, -0.25) is 9.59 Å². The van der Waals surface area contributed by atoms with Crippen molar-refractivity contribution in [2.45, 2.75) is 46.1 Å². The van der Waals surface area contributed by atoms with Crippen molar-refractivity contribution in [2.24, 2.45) is 5.92 Å². The van der Waals surface area contributed by atoms with Gasteiger partial charge in [-0.05, 0) is 37.8 Å². The summed E-state index contributed by atoms with van der Waals surface area (Å²) in [6, 6.07) is 7.47. The standard InChI is InChI=1S/C17H24N2O2/c1-4-13(5-2)16(20)18-12(3)17(21)19-11-10-14-8-6-7-9-15(14)19/h6-9,12-13H,4-5,10-11H2,1-3H3,(H,18,20)/t12-/m0/s1. The summed E-state index contributed by atoms with van der Waals surface area (Å²) in [5, 5.41) is 2.86. The van der Waals surface area contributed by atoms with Gasteiger partial charge < -0.3 is 10.2 Å². The third kappa shape index (κ3) is 3.26. The van der Waals surface area contributed by atoms with Crippen molar-refractivity contribution in [3.8, 4) is 0 Å². The molecule has 0 bridgehead atoms. The van der Waals surface area contributed by atoms with Crippen molar-refractivity contribution in [1.82, 2.24) is 5.32 Å². The molecule has 1 aromatic rings. The van der Waals surface area contributed by atoms with E-state index in [9.17, 15) is 9.59 Å². The second-order valence-corrected chi connectivity index (χ2v) is 5.61. The number of hydrogen-bond acceptors (Lipinski definition) is 2. The lowest BCUT2D eigenvalue weighted by Crippen LogP contribution is -2.48. The Bertz CT molecular complexity index is 523. The van der Waals surface area contributed by atoms with Crippen LogP contribution in [0.4, 0.5) is 5.69 Å². The molecule has 2 rings (SSSR count). The van der Waals surface area contributed by atoms with E-state index < -0.39 is 6.04 Å². The predicted molar refractivity (Wildman–Crippen MR) is 84.2 cm³/mol. The van der Waals surface area contributed by atoms with Gasteiger partial charge >= 0.3 is 0 Å². The number of fused-ring (bicyclic) bond motifs is 1. The number of carbonyl (C=O) groups excluding carboxylic acids is 2. The lowest BCUT2D eigenvalue weighted by atomic mass is 10.0. The van der Waals surface area contributed by atoms with Crippen molar-refractivity contribution in [2.75, 3.05) is 11.4 Å². The fraction of sp³-hybridized carbons (Fsp3) is 0.529. The summed E-state index contributed by atoms with van der Waals surface area (Å²) in [4.78, 5) is 26.4. The molecule has 0 spiro atoms. The van der Waals surface area contributed by atoms with E-state index in [0.29, 0.717) is 6.54 Å². The Morgan fingerprint density at radius 3 is 2.57 bits per heavy atom. The van der Waals surface area contributed by atoms with Crippen LogP contribution < -0.4 is 10.2 Å². The molecule has 1 aliphatic rings. The highest BCUT2D eigenvalue weighted by atomic mass is 16.2. The minimum Gasteiger partial charge on any atom is -0.344 e. The van der Waals surface area contributed by atoms with Gasteiger partial charge in [0.1, 0.15) is 6.04 Å².